The predicted molar refractivity (Wildman–Crippen MR) is 84.0 cm³/mol. The van der Waals surface area contributed by atoms with E-state index in [0.29, 0.717) is 19.8 Å². The van der Waals surface area contributed by atoms with Crippen LogP contribution in [0.2, 0.25) is 0 Å². The van der Waals surface area contributed by atoms with Crippen molar-refractivity contribution in [1.29, 1.82) is 0 Å². The molecule has 0 radical (unpaired) electrons. The molecule has 1 aromatic carbocycles. The lowest BCUT2D eigenvalue weighted by Gasteiger charge is -2.34. The van der Waals surface area contributed by atoms with Crippen molar-refractivity contribution >= 4 is 11.6 Å². The van der Waals surface area contributed by atoms with Gasteiger partial charge in [0.25, 0.3) is 5.91 Å². The first-order valence-corrected chi connectivity index (χ1v) is 8.05. The predicted octanol–water partition coefficient (Wildman–Crippen LogP) is 0.664. The van der Waals surface area contributed by atoms with Gasteiger partial charge in [-0.05, 0) is 31.0 Å². The molecule has 0 bridgehead atoms. The van der Waals surface area contributed by atoms with Crippen LogP contribution in [-0.4, -0.2) is 44.5 Å². The molecule has 3 rings (SSSR count). The summed E-state index contributed by atoms with van der Waals surface area (Å²) in [6, 6.07) is 6.12. The summed E-state index contributed by atoms with van der Waals surface area (Å²) in [5, 5.41) is 3.04. The molecule has 1 spiro atoms. The first kappa shape index (κ1) is 15.5. The first-order valence-electron chi connectivity index (χ1n) is 8.05. The zero-order valence-corrected chi connectivity index (χ0v) is 13.4. The van der Waals surface area contributed by atoms with Crippen LogP contribution in [0, 0.1) is 13.8 Å². The van der Waals surface area contributed by atoms with Gasteiger partial charge in [0.15, 0.2) is 12.3 Å². The number of anilines is 1. The summed E-state index contributed by atoms with van der Waals surface area (Å²) in [5.41, 5.74) is 3.17. The van der Waals surface area contributed by atoms with Gasteiger partial charge in [0.05, 0.1) is 39.1 Å². The van der Waals surface area contributed by atoms with Crippen LogP contribution < -0.4 is 10.2 Å². The molecule has 2 N–H and O–H groups in total. The molecule has 2 saturated heterocycles. The Bertz CT molecular complexity index is 543. The Labute approximate surface area is 131 Å². The Kier molecular flexibility index (Phi) is 4.47. The molecule has 1 amide bonds. The average molecular weight is 305 g/mol. The number of aryl methyl sites for hydroxylation is 2. The van der Waals surface area contributed by atoms with E-state index < -0.39 is 0 Å². The monoisotopic (exact) mass is 305 g/mol. The van der Waals surface area contributed by atoms with E-state index in [1.165, 1.54) is 4.90 Å². The van der Waals surface area contributed by atoms with E-state index in [9.17, 15) is 4.79 Å². The van der Waals surface area contributed by atoms with Gasteiger partial charge in [-0.3, -0.25) is 4.79 Å². The molecule has 2 aliphatic rings. The molecule has 0 atom stereocenters. The molecule has 0 aliphatic carbocycles. The van der Waals surface area contributed by atoms with Gasteiger partial charge >= 0.3 is 0 Å². The van der Waals surface area contributed by atoms with Crippen LogP contribution >= 0.6 is 0 Å². The maximum absolute atomic E-state index is 12.3. The minimum Gasteiger partial charge on any atom is -0.347 e. The van der Waals surface area contributed by atoms with Crippen molar-refractivity contribution in [1.82, 2.24) is 0 Å². The SMILES string of the molecule is Cc1ccc(C)c(NC(=O)C[NH+]2CCC3(CC2)OCCO3)c1. The number of piperidine rings is 1. The minimum absolute atomic E-state index is 0.0768. The number of hydrogen-bond acceptors (Lipinski definition) is 3. The smallest absolute Gasteiger partial charge is 0.279 e. The number of benzene rings is 1. The number of ether oxygens (including phenoxy) is 2. The Morgan fingerprint density at radius 1 is 1.23 bits per heavy atom. The molecular weight excluding hydrogens is 280 g/mol. The van der Waals surface area contributed by atoms with Gasteiger partial charge in [-0.25, -0.2) is 0 Å². The number of carbonyl (C=O) groups is 1. The van der Waals surface area contributed by atoms with Gasteiger partial charge in [0.2, 0.25) is 0 Å². The van der Waals surface area contributed by atoms with Crippen molar-refractivity contribution in [3.05, 3.63) is 29.3 Å². The van der Waals surface area contributed by atoms with Crippen molar-refractivity contribution in [2.24, 2.45) is 0 Å². The molecule has 5 nitrogen and oxygen atoms in total. The fourth-order valence-corrected chi connectivity index (χ4v) is 3.24. The molecule has 120 valence electrons. The van der Waals surface area contributed by atoms with E-state index in [2.05, 4.69) is 11.4 Å². The van der Waals surface area contributed by atoms with Gasteiger partial charge in [-0.15, -0.1) is 0 Å². The number of nitrogens with one attached hydrogen (secondary N) is 2. The van der Waals surface area contributed by atoms with E-state index in [1.807, 2.05) is 26.0 Å². The highest BCUT2D eigenvalue weighted by atomic mass is 16.7. The Morgan fingerprint density at radius 2 is 1.91 bits per heavy atom. The van der Waals surface area contributed by atoms with Gasteiger partial charge in [0.1, 0.15) is 0 Å². The van der Waals surface area contributed by atoms with E-state index >= 15 is 0 Å². The molecule has 22 heavy (non-hydrogen) atoms. The fraction of sp³-hybridized carbons (Fsp3) is 0.588. The summed E-state index contributed by atoms with van der Waals surface area (Å²) < 4.78 is 11.4. The molecule has 2 fully saturated rings. The zero-order valence-electron chi connectivity index (χ0n) is 13.4. The van der Waals surface area contributed by atoms with Crippen molar-refractivity contribution in [2.45, 2.75) is 32.5 Å². The third kappa shape index (κ3) is 3.48. The molecule has 0 saturated carbocycles. The third-order valence-electron chi connectivity index (χ3n) is 4.61. The lowest BCUT2D eigenvalue weighted by molar-refractivity contribution is -0.900. The second-order valence-corrected chi connectivity index (χ2v) is 6.40. The van der Waals surface area contributed by atoms with Crippen molar-refractivity contribution < 1.29 is 19.2 Å². The number of rotatable bonds is 3. The second-order valence-electron chi connectivity index (χ2n) is 6.40. The van der Waals surface area contributed by atoms with Gasteiger partial charge < -0.3 is 19.7 Å². The Balaban J connectivity index is 1.51. The quantitative estimate of drug-likeness (QED) is 0.863. The van der Waals surface area contributed by atoms with Crippen LogP contribution in [0.25, 0.3) is 0 Å². The zero-order chi connectivity index (χ0) is 15.6. The summed E-state index contributed by atoms with van der Waals surface area (Å²) in [7, 11) is 0. The molecule has 5 heteroatoms. The van der Waals surface area contributed by atoms with Crippen molar-refractivity contribution in [3.63, 3.8) is 0 Å². The fourth-order valence-electron chi connectivity index (χ4n) is 3.24. The maximum atomic E-state index is 12.3. The molecule has 0 unspecified atom stereocenters. The number of hydrogen-bond donors (Lipinski definition) is 2. The number of amides is 1. The number of quaternary nitrogens is 1. The standard InChI is InChI=1S/C17H24N2O3/c1-13-3-4-14(2)15(11-13)18-16(20)12-19-7-5-17(6-8-19)21-9-10-22-17/h3-4,11H,5-10,12H2,1-2H3,(H,18,20)/p+1. The van der Waals surface area contributed by atoms with E-state index in [-0.39, 0.29) is 11.7 Å². The number of carbonyl (C=O) groups excluding carboxylic acids is 1. The van der Waals surface area contributed by atoms with Gasteiger partial charge in [0, 0.05) is 5.69 Å². The normalized spacial score (nSPS) is 21.2. The van der Waals surface area contributed by atoms with Gasteiger partial charge in [-0.2, -0.15) is 0 Å². The average Bonchev–Trinajstić information content (AvgIpc) is 2.94. The Morgan fingerprint density at radius 3 is 2.59 bits per heavy atom. The van der Waals surface area contributed by atoms with Crippen molar-refractivity contribution in [3.8, 4) is 0 Å². The highest BCUT2D eigenvalue weighted by Gasteiger charge is 2.41. The van der Waals surface area contributed by atoms with Crippen LogP contribution in [0.5, 0.6) is 0 Å². The summed E-state index contributed by atoms with van der Waals surface area (Å²) >= 11 is 0. The van der Waals surface area contributed by atoms with E-state index in [0.717, 1.165) is 42.7 Å². The second kappa shape index (κ2) is 6.36. The maximum Gasteiger partial charge on any atom is 0.279 e. The Hall–Kier alpha value is -1.43. The highest BCUT2D eigenvalue weighted by Crippen LogP contribution is 2.27. The van der Waals surface area contributed by atoms with Crippen LogP contribution in [0.1, 0.15) is 24.0 Å². The largest absolute Gasteiger partial charge is 0.347 e. The van der Waals surface area contributed by atoms with Crippen LogP contribution in [-0.2, 0) is 14.3 Å². The lowest BCUT2D eigenvalue weighted by Crippen LogP contribution is -3.14. The van der Waals surface area contributed by atoms with Crippen LogP contribution in [0.3, 0.4) is 0 Å². The lowest BCUT2D eigenvalue weighted by atomic mass is 10.0. The van der Waals surface area contributed by atoms with E-state index in [1.54, 1.807) is 0 Å². The topological polar surface area (TPSA) is 52.0 Å². The summed E-state index contributed by atoms with van der Waals surface area (Å²) in [6.07, 6.45) is 1.75. The summed E-state index contributed by atoms with van der Waals surface area (Å²) in [4.78, 5) is 13.6. The first-order chi connectivity index (χ1) is 10.6. The summed E-state index contributed by atoms with van der Waals surface area (Å²) in [5.74, 6) is -0.277. The van der Waals surface area contributed by atoms with Crippen LogP contribution in [0.4, 0.5) is 5.69 Å². The van der Waals surface area contributed by atoms with E-state index in [4.69, 9.17) is 9.47 Å². The molecule has 2 heterocycles. The minimum atomic E-state index is -0.354. The molecular formula is C17H25N2O3+. The van der Waals surface area contributed by atoms with Gasteiger partial charge in [-0.1, -0.05) is 12.1 Å². The molecule has 1 aromatic rings. The van der Waals surface area contributed by atoms with Crippen molar-refractivity contribution in [2.75, 3.05) is 38.2 Å². The number of likely N-dealkylation sites (tertiary alicyclic amines) is 1. The summed E-state index contributed by atoms with van der Waals surface area (Å²) in [6.45, 7) is 7.78. The molecule has 2 aliphatic heterocycles. The van der Waals surface area contributed by atoms with Crippen LogP contribution in [0.15, 0.2) is 18.2 Å². The highest BCUT2D eigenvalue weighted by molar-refractivity contribution is 5.92. The molecule has 0 aromatic heterocycles. The third-order valence-corrected chi connectivity index (χ3v) is 4.61.